The van der Waals surface area contributed by atoms with Crippen LogP contribution in [0.15, 0.2) is 15.8 Å². The van der Waals surface area contributed by atoms with E-state index in [1.807, 2.05) is 0 Å². The van der Waals surface area contributed by atoms with E-state index in [2.05, 4.69) is 4.98 Å². The average molecular weight is 422 g/mol. The summed E-state index contributed by atoms with van der Waals surface area (Å²) in [5.74, 6) is -1.67. The first-order valence-electron chi connectivity index (χ1n) is 8.93. The molecule has 1 aliphatic rings. The van der Waals surface area contributed by atoms with Gasteiger partial charge in [0.1, 0.15) is 30.0 Å². The molecular weight excluding hydrogens is 395 g/mol. The van der Waals surface area contributed by atoms with Gasteiger partial charge >= 0.3 is 13.3 Å². The van der Waals surface area contributed by atoms with Crippen LogP contribution in [0.2, 0.25) is 0 Å². The maximum atomic E-state index is 12.4. The third-order valence-electron chi connectivity index (χ3n) is 5.28. The summed E-state index contributed by atoms with van der Waals surface area (Å²) in [5.41, 5.74) is -2.96. The minimum atomic E-state index is -4.46. The molecule has 5 N–H and O–H groups in total. The van der Waals surface area contributed by atoms with E-state index in [-0.39, 0.29) is 18.4 Å². The van der Waals surface area contributed by atoms with Crippen LogP contribution in [0.4, 0.5) is 0 Å². The Labute approximate surface area is 161 Å². The molecule has 12 heteroatoms. The monoisotopic (exact) mass is 422 g/mol. The number of hydrogen-bond donors (Lipinski definition) is 5. The Morgan fingerprint density at radius 3 is 2.39 bits per heavy atom. The van der Waals surface area contributed by atoms with Gasteiger partial charge in [-0.3, -0.25) is 18.5 Å². The molecule has 1 fully saturated rings. The van der Waals surface area contributed by atoms with E-state index in [1.165, 1.54) is 7.05 Å². The highest BCUT2D eigenvalue weighted by Crippen LogP contribution is 2.54. The summed E-state index contributed by atoms with van der Waals surface area (Å²) < 4.78 is 24.2. The van der Waals surface area contributed by atoms with E-state index in [4.69, 9.17) is 9.26 Å². The summed E-state index contributed by atoms with van der Waals surface area (Å²) in [4.78, 5) is 36.2. The molecule has 0 amide bonds. The molecule has 11 nitrogen and oxygen atoms in total. The fourth-order valence-electron chi connectivity index (χ4n) is 3.33. The maximum absolute atomic E-state index is 12.4. The van der Waals surface area contributed by atoms with Crippen LogP contribution >= 0.6 is 7.60 Å². The van der Waals surface area contributed by atoms with Crippen LogP contribution in [0, 0.1) is 0 Å². The second kappa shape index (κ2) is 8.19. The van der Waals surface area contributed by atoms with Gasteiger partial charge in [-0.2, -0.15) is 0 Å². The van der Waals surface area contributed by atoms with Crippen LogP contribution in [0.3, 0.4) is 0 Å². The van der Waals surface area contributed by atoms with E-state index in [0.717, 1.165) is 17.7 Å². The molecule has 2 heterocycles. The second-order valence-electron chi connectivity index (χ2n) is 6.93. The lowest BCUT2D eigenvalue weighted by atomic mass is 9.86. The van der Waals surface area contributed by atoms with Gasteiger partial charge in [0, 0.05) is 13.2 Å². The van der Waals surface area contributed by atoms with Crippen molar-refractivity contribution in [2.45, 2.75) is 69.5 Å². The molecule has 0 aromatic carbocycles. The summed E-state index contributed by atoms with van der Waals surface area (Å²) in [6, 6.07) is 0. The molecule has 2 rings (SSSR count). The van der Waals surface area contributed by atoms with Gasteiger partial charge in [0.25, 0.3) is 5.56 Å². The molecule has 1 saturated heterocycles. The van der Waals surface area contributed by atoms with Gasteiger partial charge in [-0.25, -0.2) is 4.79 Å². The fraction of sp³-hybridized carbons (Fsp3) is 0.750. The number of rotatable bonds is 7. The Bertz CT molecular complexity index is 860. The topological polar surface area (TPSA) is 171 Å². The summed E-state index contributed by atoms with van der Waals surface area (Å²) in [5, 5.41) is 30.6. The van der Waals surface area contributed by atoms with Crippen molar-refractivity contribution in [3.8, 4) is 0 Å². The van der Waals surface area contributed by atoms with Gasteiger partial charge in [-0.15, -0.1) is 0 Å². The Morgan fingerprint density at radius 2 is 1.89 bits per heavy atom. The number of hydrogen-bond acceptors (Lipinski definition) is 8. The molecule has 0 aliphatic carbocycles. The van der Waals surface area contributed by atoms with Gasteiger partial charge in [-0.05, 0) is 19.8 Å². The van der Waals surface area contributed by atoms with E-state index < -0.39 is 54.7 Å². The van der Waals surface area contributed by atoms with Crippen molar-refractivity contribution in [3.63, 3.8) is 0 Å². The van der Waals surface area contributed by atoms with Crippen LogP contribution < -0.4 is 11.2 Å². The van der Waals surface area contributed by atoms with Crippen molar-refractivity contribution < 1.29 is 34.0 Å². The van der Waals surface area contributed by atoms with Crippen LogP contribution in [-0.4, -0.2) is 59.5 Å². The minimum Gasteiger partial charge on any atom is -0.387 e. The Balaban J connectivity index is 2.46. The lowest BCUT2D eigenvalue weighted by Gasteiger charge is -2.39. The molecule has 6 atom stereocenters. The zero-order chi connectivity index (χ0) is 21.4. The summed E-state index contributed by atoms with van der Waals surface area (Å²) in [6.45, 7) is 4.38. The van der Waals surface area contributed by atoms with Crippen LogP contribution in [0.5, 0.6) is 0 Å². The van der Waals surface area contributed by atoms with Crippen LogP contribution in [0.1, 0.15) is 45.3 Å². The summed E-state index contributed by atoms with van der Waals surface area (Å²) in [6.07, 6.45) is -4.32. The highest BCUT2D eigenvalue weighted by molar-refractivity contribution is 7.53. The molecule has 1 aromatic heterocycles. The van der Waals surface area contributed by atoms with Crippen molar-refractivity contribution in [2.75, 3.05) is 0 Å². The van der Waals surface area contributed by atoms with Crippen molar-refractivity contribution in [1.29, 1.82) is 0 Å². The Morgan fingerprint density at radius 1 is 1.32 bits per heavy atom. The van der Waals surface area contributed by atoms with E-state index in [1.54, 1.807) is 13.8 Å². The minimum absolute atomic E-state index is 0.0834. The molecule has 1 aliphatic heterocycles. The predicted octanol–water partition coefficient (Wildman–Crippen LogP) is -0.666. The van der Waals surface area contributed by atoms with Crippen LogP contribution in [-0.2, 0) is 20.9 Å². The van der Waals surface area contributed by atoms with Crippen molar-refractivity contribution >= 4 is 7.60 Å². The zero-order valence-corrected chi connectivity index (χ0v) is 17.0. The quantitative estimate of drug-likeness (QED) is 0.358. The largest absolute Gasteiger partial charge is 0.387 e. The van der Waals surface area contributed by atoms with Gasteiger partial charge in [0.05, 0.1) is 5.56 Å². The Hall–Kier alpha value is -1.33. The van der Waals surface area contributed by atoms with E-state index >= 15 is 0 Å². The Kier molecular flexibility index (Phi) is 6.72. The molecule has 0 saturated carbocycles. The number of aromatic nitrogens is 2. The lowest BCUT2D eigenvalue weighted by molar-refractivity contribution is -0.124. The number of nitrogens with zero attached hydrogens (tertiary/aromatic N) is 1. The molecule has 0 spiro atoms. The SMILES string of the molecule is CCC(CC)(OP(=O)(O)C(C)O)[C@H]1O[C@@H](c2c[nH]c(=O)n(C)c2=O)[C@H](O)[C@@H]1O. The molecule has 0 radical (unpaired) electrons. The smallest absolute Gasteiger partial charge is 0.356 e. The normalized spacial score (nSPS) is 28.9. The number of H-pyrrole nitrogens is 1. The number of aliphatic hydroxyl groups is 3. The molecular formula is C16H27N2O9P. The van der Waals surface area contributed by atoms with E-state index in [0.29, 0.717) is 0 Å². The third-order valence-corrected chi connectivity index (χ3v) is 6.85. The van der Waals surface area contributed by atoms with Gasteiger partial charge < -0.3 is 29.9 Å². The first-order chi connectivity index (χ1) is 12.9. The van der Waals surface area contributed by atoms with Crippen LogP contribution in [0.25, 0.3) is 0 Å². The summed E-state index contributed by atoms with van der Waals surface area (Å²) in [7, 11) is -3.22. The molecule has 28 heavy (non-hydrogen) atoms. The first-order valence-corrected chi connectivity index (χ1v) is 10.6. The molecule has 0 bridgehead atoms. The van der Waals surface area contributed by atoms with Gasteiger partial charge in [0.2, 0.25) is 0 Å². The number of nitrogens with one attached hydrogen (secondary N) is 1. The van der Waals surface area contributed by atoms with Crippen molar-refractivity contribution in [3.05, 3.63) is 32.6 Å². The second-order valence-corrected chi connectivity index (χ2v) is 8.99. The number of aliphatic hydroxyl groups excluding tert-OH is 3. The average Bonchev–Trinajstić information content (AvgIpc) is 2.93. The lowest BCUT2D eigenvalue weighted by Crippen LogP contribution is -2.50. The summed E-state index contributed by atoms with van der Waals surface area (Å²) >= 11 is 0. The highest BCUT2D eigenvalue weighted by atomic mass is 31.2. The van der Waals surface area contributed by atoms with Crippen molar-refractivity contribution in [2.24, 2.45) is 7.05 Å². The molecule has 160 valence electrons. The van der Waals surface area contributed by atoms with Crippen molar-refractivity contribution in [1.82, 2.24) is 9.55 Å². The fourth-order valence-corrected chi connectivity index (χ4v) is 4.36. The zero-order valence-electron chi connectivity index (χ0n) is 16.1. The standard InChI is InChI=1S/C16H27N2O9P/c1-5-16(6-2,27-28(24,25)8(3)19)13-11(21)10(20)12(26-13)9-7-17-15(23)18(4)14(9)22/h7-8,10-13,19-21H,5-6H2,1-4H3,(H,17,23)(H,24,25)/t8?,10-,11+,12+,13+/m1/s1. The number of aromatic amines is 1. The predicted molar refractivity (Wildman–Crippen MR) is 97.8 cm³/mol. The van der Waals surface area contributed by atoms with Gasteiger partial charge in [-0.1, -0.05) is 13.8 Å². The highest BCUT2D eigenvalue weighted by Gasteiger charge is 2.56. The maximum Gasteiger partial charge on any atom is 0.356 e. The molecule has 1 aromatic rings. The number of ether oxygens (including phenoxy) is 1. The third kappa shape index (κ3) is 3.88. The van der Waals surface area contributed by atoms with E-state index in [9.17, 15) is 34.4 Å². The molecule has 2 unspecified atom stereocenters. The first kappa shape index (κ1) is 23.0. The van der Waals surface area contributed by atoms with Gasteiger partial charge in [0.15, 0.2) is 5.85 Å².